The average Bonchev–Trinajstić information content (AvgIpc) is 2.36. The molecule has 0 saturated heterocycles. The zero-order valence-electron chi connectivity index (χ0n) is 10.9. The number of hydrogen-bond acceptors (Lipinski definition) is 3. The van der Waals surface area contributed by atoms with Crippen LogP contribution in [0.5, 0.6) is 0 Å². The number of rotatable bonds is 6. The topological polar surface area (TPSA) is 92.4 Å². The van der Waals surface area contributed by atoms with Crippen LogP contribution >= 0.6 is 0 Å². The second kappa shape index (κ2) is 5.69. The number of benzene rings is 1. The quantitative estimate of drug-likeness (QED) is 0.734. The molecule has 0 aliphatic carbocycles. The molecule has 0 radical (unpaired) electrons. The van der Waals surface area contributed by atoms with Crippen molar-refractivity contribution < 1.29 is 19.1 Å². The molecule has 0 aromatic heterocycles. The van der Waals surface area contributed by atoms with Crippen molar-refractivity contribution >= 4 is 17.6 Å². The van der Waals surface area contributed by atoms with Crippen molar-refractivity contribution in [1.29, 1.82) is 0 Å². The molecular formula is C13H17FN2O3. The molecule has 1 unspecified atom stereocenters. The van der Waals surface area contributed by atoms with Gasteiger partial charge in [0.25, 0.3) is 0 Å². The Bertz CT molecular complexity index is 505. The molecule has 0 aliphatic heterocycles. The average molecular weight is 268 g/mol. The fourth-order valence-electron chi connectivity index (χ4n) is 1.45. The largest absolute Gasteiger partial charge is 0.481 e. The summed E-state index contributed by atoms with van der Waals surface area (Å²) >= 11 is 0. The monoisotopic (exact) mass is 268 g/mol. The first-order valence-electron chi connectivity index (χ1n) is 5.87. The molecule has 0 saturated carbocycles. The van der Waals surface area contributed by atoms with Gasteiger partial charge in [0.2, 0.25) is 5.91 Å². The summed E-state index contributed by atoms with van der Waals surface area (Å²) in [6, 6.07) is 3.78. The van der Waals surface area contributed by atoms with Gasteiger partial charge >= 0.3 is 5.97 Å². The summed E-state index contributed by atoms with van der Waals surface area (Å²) < 4.78 is 13.7. The van der Waals surface area contributed by atoms with E-state index in [-0.39, 0.29) is 17.8 Å². The minimum Gasteiger partial charge on any atom is -0.481 e. The summed E-state index contributed by atoms with van der Waals surface area (Å²) in [7, 11) is 0. The van der Waals surface area contributed by atoms with E-state index in [1.807, 2.05) is 0 Å². The van der Waals surface area contributed by atoms with Crippen molar-refractivity contribution in [3.63, 3.8) is 0 Å². The highest BCUT2D eigenvalue weighted by Gasteiger charge is 2.31. The summed E-state index contributed by atoms with van der Waals surface area (Å²) in [6.45, 7) is 3.42. The fraction of sp³-hybridized carbons (Fsp3) is 0.385. The molecule has 0 fully saturated rings. The predicted octanol–water partition coefficient (Wildman–Crippen LogP) is 1.84. The number of primary amides is 1. The lowest BCUT2D eigenvalue weighted by Crippen LogP contribution is -2.34. The molecule has 1 aromatic carbocycles. The molecule has 0 bridgehead atoms. The molecule has 0 heterocycles. The number of anilines is 1. The second-order valence-electron chi connectivity index (χ2n) is 4.63. The Morgan fingerprint density at radius 1 is 1.47 bits per heavy atom. The smallest absolute Gasteiger partial charge is 0.311 e. The van der Waals surface area contributed by atoms with Crippen molar-refractivity contribution in [2.75, 3.05) is 11.9 Å². The van der Waals surface area contributed by atoms with E-state index in [0.29, 0.717) is 6.42 Å². The first-order valence-corrected chi connectivity index (χ1v) is 5.87. The van der Waals surface area contributed by atoms with Gasteiger partial charge in [-0.25, -0.2) is 4.39 Å². The predicted molar refractivity (Wildman–Crippen MR) is 69.4 cm³/mol. The first kappa shape index (κ1) is 14.9. The number of hydrogen-bond donors (Lipinski definition) is 3. The van der Waals surface area contributed by atoms with Crippen molar-refractivity contribution in [1.82, 2.24) is 0 Å². The van der Waals surface area contributed by atoms with Crippen LogP contribution in [0, 0.1) is 11.2 Å². The van der Waals surface area contributed by atoms with Gasteiger partial charge in [-0.3, -0.25) is 9.59 Å². The van der Waals surface area contributed by atoms with Gasteiger partial charge in [0.1, 0.15) is 5.82 Å². The molecule has 1 amide bonds. The Balaban J connectivity index is 2.84. The van der Waals surface area contributed by atoms with Gasteiger partial charge in [0, 0.05) is 12.1 Å². The van der Waals surface area contributed by atoms with E-state index < -0.39 is 23.1 Å². The number of nitrogens with two attached hydrogens (primary N) is 1. The normalized spacial score (nSPS) is 13.6. The van der Waals surface area contributed by atoms with Crippen molar-refractivity contribution in [3.8, 4) is 0 Å². The first-order chi connectivity index (χ1) is 8.80. The zero-order chi connectivity index (χ0) is 14.6. The summed E-state index contributed by atoms with van der Waals surface area (Å²) in [5, 5.41) is 11.8. The summed E-state index contributed by atoms with van der Waals surface area (Å²) in [5.74, 6) is -2.30. The van der Waals surface area contributed by atoms with E-state index in [2.05, 4.69) is 5.32 Å². The molecule has 1 atom stereocenters. The van der Waals surface area contributed by atoms with Crippen LogP contribution in [-0.2, 0) is 4.79 Å². The van der Waals surface area contributed by atoms with Crippen LogP contribution in [0.15, 0.2) is 18.2 Å². The zero-order valence-corrected chi connectivity index (χ0v) is 10.9. The Labute approximate surface area is 110 Å². The van der Waals surface area contributed by atoms with Gasteiger partial charge in [-0.05, 0) is 31.5 Å². The van der Waals surface area contributed by atoms with Crippen LogP contribution in [0.25, 0.3) is 0 Å². The number of aliphatic carboxylic acids is 1. The summed E-state index contributed by atoms with van der Waals surface area (Å²) in [5.41, 5.74) is 4.27. The highest BCUT2D eigenvalue weighted by atomic mass is 19.1. The third-order valence-corrected chi connectivity index (χ3v) is 3.22. The Kier molecular flexibility index (Phi) is 4.47. The Morgan fingerprint density at radius 2 is 2.11 bits per heavy atom. The number of carbonyl (C=O) groups excluding carboxylic acids is 1. The molecule has 6 heteroatoms. The van der Waals surface area contributed by atoms with Gasteiger partial charge < -0.3 is 16.2 Å². The van der Waals surface area contributed by atoms with E-state index in [1.54, 1.807) is 13.8 Å². The maximum Gasteiger partial charge on any atom is 0.311 e. The Morgan fingerprint density at radius 3 is 2.53 bits per heavy atom. The number of carboxylic acid groups (broad SMARTS) is 1. The Hall–Kier alpha value is -2.11. The van der Waals surface area contributed by atoms with Gasteiger partial charge in [-0.1, -0.05) is 6.92 Å². The third kappa shape index (κ3) is 3.43. The number of amides is 1. The van der Waals surface area contributed by atoms with Crippen LogP contribution in [0.3, 0.4) is 0 Å². The van der Waals surface area contributed by atoms with Crippen LogP contribution in [0.1, 0.15) is 30.6 Å². The molecule has 104 valence electrons. The maximum absolute atomic E-state index is 13.7. The van der Waals surface area contributed by atoms with Gasteiger partial charge in [-0.15, -0.1) is 0 Å². The van der Waals surface area contributed by atoms with Gasteiger partial charge in [0.15, 0.2) is 0 Å². The van der Waals surface area contributed by atoms with Crippen LogP contribution in [0.2, 0.25) is 0 Å². The highest BCUT2D eigenvalue weighted by Crippen LogP contribution is 2.23. The van der Waals surface area contributed by atoms with E-state index in [1.165, 1.54) is 12.1 Å². The lowest BCUT2D eigenvalue weighted by Gasteiger charge is -2.24. The van der Waals surface area contributed by atoms with Gasteiger partial charge in [-0.2, -0.15) is 0 Å². The van der Waals surface area contributed by atoms with E-state index in [9.17, 15) is 14.0 Å². The third-order valence-electron chi connectivity index (χ3n) is 3.22. The molecule has 0 aliphatic rings. The van der Waals surface area contributed by atoms with Crippen molar-refractivity contribution in [2.24, 2.45) is 11.1 Å². The van der Waals surface area contributed by atoms with E-state index >= 15 is 0 Å². The van der Waals surface area contributed by atoms with E-state index in [4.69, 9.17) is 10.8 Å². The van der Waals surface area contributed by atoms with Crippen molar-refractivity contribution in [2.45, 2.75) is 20.3 Å². The number of carbonyl (C=O) groups is 2. The molecule has 1 aromatic rings. The van der Waals surface area contributed by atoms with Crippen LogP contribution in [0.4, 0.5) is 10.1 Å². The second-order valence-corrected chi connectivity index (χ2v) is 4.63. The number of nitrogens with one attached hydrogen (secondary N) is 1. The highest BCUT2D eigenvalue weighted by molar-refractivity contribution is 5.93. The SMILES string of the molecule is CCC(C)(CNc1ccc(C(N)=O)cc1F)C(=O)O. The molecule has 19 heavy (non-hydrogen) atoms. The summed E-state index contributed by atoms with van der Waals surface area (Å²) in [6.07, 6.45) is 0.413. The molecule has 5 nitrogen and oxygen atoms in total. The van der Waals surface area contributed by atoms with Crippen LogP contribution in [-0.4, -0.2) is 23.5 Å². The van der Waals surface area contributed by atoms with Crippen LogP contribution < -0.4 is 11.1 Å². The summed E-state index contributed by atoms with van der Waals surface area (Å²) in [4.78, 5) is 22.0. The van der Waals surface area contributed by atoms with E-state index in [0.717, 1.165) is 6.07 Å². The molecule has 4 N–H and O–H groups in total. The lowest BCUT2D eigenvalue weighted by atomic mass is 9.87. The standard InChI is InChI=1S/C13H17FN2O3/c1-3-13(2,12(18)19)7-16-10-5-4-8(11(15)17)6-9(10)14/h4-6,16H,3,7H2,1-2H3,(H2,15,17)(H,18,19). The molecule has 1 rings (SSSR count). The maximum atomic E-state index is 13.7. The molecular weight excluding hydrogens is 251 g/mol. The van der Waals surface area contributed by atoms with Crippen molar-refractivity contribution in [3.05, 3.63) is 29.6 Å². The minimum absolute atomic E-state index is 0.0690. The fourth-order valence-corrected chi connectivity index (χ4v) is 1.45. The van der Waals surface area contributed by atoms with Gasteiger partial charge in [0.05, 0.1) is 11.1 Å². The minimum atomic E-state index is -0.977. The molecule has 0 spiro atoms. The number of carboxylic acids is 1. The number of halogens is 1. The lowest BCUT2D eigenvalue weighted by molar-refractivity contribution is -0.147.